The second kappa shape index (κ2) is 10.3. The van der Waals surface area contributed by atoms with E-state index in [4.69, 9.17) is 4.74 Å². The molecule has 0 fully saturated rings. The van der Waals surface area contributed by atoms with Crippen molar-refractivity contribution in [3.05, 3.63) is 83.9 Å². The van der Waals surface area contributed by atoms with E-state index >= 15 is 0 Å². The minimum absolute atomic E-state index is 0.226. The van der Waals surface area contributed by atoms with Gasteiger partial charge in [0.1, 0.15) is 17.2 Å². The van der Waals surface area contributed by atoms with Crippen molar-refractivity contribution >= 4 is 5.69 Å². The predicted molar refractivity (Wildman–Crippen MR) is 114 cm³/mol. The van der Waals surface area contributed by atoms with E-state index < -0.39 is 30.9 Å². The highest BCUT2D eigenvalue weighted by molar-refractivity contribution is 5.52. The van der Waals surface area contributed by atoms with E-state index in [-0.39, 0.29) is 17.8 Å². The molecule has 1 N–H and O–H groups in total. The van der Waals surface area contributed by atoms with Crippen molar-refractivity contribution in [3.63, 3.8) is 0 Å². The van der Waals surface area contributed by atoms with E-state index in [1.165, 1.54) is 29.2 Å². The van der Waals surface area contributed by atoms with Crippen molar-refractivity contribution in [2.45, 2.75) is 32.1 Å². The quantitative estimate of drug-likeness (QED) is 0.365. The Kier molecular flexibility index (Phi) is 7.61. The summed E-state index contributed by atoms with van der Waals surface area (Å²) in [5.74, 6) is 0.349. The molecule has 3 aromatic carbocycles. The van der Waals surface area contributed by atoms with Gasteiger partial charge in [0, 0.05) is 18.3 Å². The van der Waals surface area contributed by atoms with Gasteiger partial charge in [-0.1, -0.05) is 35.9 Å². The molecule has 3 aromatic rings. The van der Waals surface area contributed by atoms with E-state index in [9.17, 15) is 31.4 Å². The minimum Gasteiger partial charge on any atom is -0.457 e. The molecule has 0 radical (unpaired) electrons. The Morgan fingerprint density at radius 1 is 0.824 bits per heavy atom. The number of aliphatic hydroxyl groups is 1. The predicted octanol–water partition coefficient (Wildman–Crippen LogP) is 6.62. The average molecular weight is 485 g/mol. The van der Waals surface area contributed by atoms with E-state index in [0.29, 0.717) is 11.5 Å². The molecule has 4 nitrogen and oxygen atoms in total. The molecule has 10 heteroatoms. The zero-order chi connectivity index (χ0) is 24.9. The van der Waals surface area contributed by atoms with Gasteiger partial charge in [-0.2, -0.15) is 13.2 Å². The number of halogens is 6. The molecular formula is C24H21F6NO3. The van der Waals surface area contributed by atoms with Gasteiger partial charge in [-0.3, -0.25) is 0 Å². The van der Waals surface area contributed by atoms with Crippen molar-refractivity contribution in [1.29, 1.82) is 0 Å². The normalized spacial score (nSPS) is 12.8. The van der Waals surface area contributed by atoms with Gasteiger partial charge in [-0.05, 0) is 48.9 Å². The SMILES string of the molecule is Cc1ccc(Oc2cccc(N(Cc3cccc(OC(F)(F)F)c3)C[C@@H](O)C(F)(F)F)c2)cc1. The molecular weight excluding hydrogens is 464 g/mol. The number of alkyl halides is 6. The molecule has 0 saturated heterocycles. The second-order valence-corrected chi connectivity index (χ2v) is 7.55. The number of nitrogens with zero attached hydrogens (tertiary/aromatic N) is 1. The van der Waals surface area contributed by atoms with Crippen LogP contribution < -0.4 is 14.4 Å². The van der Waals surface area contributed by atoms with Crippen LogP contribution in [0.2, 0.25) is 0 Å². The Morgan fingerprint density at radius 2 is 1.47 bits per heavy atom. The van der Waals surface area contributed by atoms with Crippen LogP contribution in [0.3, 0.4) is 0 Å². The van der Waals surface area contributed by atoms with Crippen molar-refractivity contribution < 1.29 is 40.9 Å². The Labute approximate surface area is 192 Å². The average Bonchev–Trinajstić information content (AvgIpc) is 2.73. The summed E-state index contributed by atoms with van der Waals surface area (Å²) in [5, 5.41) is 9.66. The number of anilines is 1. The van der Waals surface area contributed by atoms with E-state index in [0.717, 1.165) is 17.7 Å². The smallest absolute Gasteiger partial charge is 0.457 e. The molecule has 0 amide bonds. The lowest BCUT2D eigenvalue weighted by Gasteiger charge is -2.29. The number of hydrogen-bond acceptors (Lipinski definition) is 4. The molecule has 0 spiro atoms. The molecule has 0 unspecified atom stereocenters. The van der Waals surface area contributed by atoms with Gasteiger partial charge in [0.05, 0.1) is 6.54 Å². The molecule has 34 heavy (non-hydrogen) atoms. The first-order chi connectivity index (χ1) is 15.9. The van der Waals surface area contributed by atoms with Crippen LogP contribution in [-0.2, 0) is 6.54 Å². The fourth-order valence-electron chi connectivity index (χ4n) is 3.12. The van der Waals surface area contributed by atoms with Crippen LogP contribution in [0.15, 0.2) is 72.8 Å². The maximum absolute atomic E-state index is 13.1. The maximum atomic E-state index is 13.1. The highest BCUT2D eigenvalue weighted by Gasteiger charge is 2.39. The summed E-state index contributed by atoms with van der Waals surface area (Å²) in [6.45, 7) is 0.834. The Morgan fingerprint density at radius 3 is 2.12 bits per heavy atom. The van der Waals surface area contributed by atoms with Gasteiger partial charge in [-0.15, -0.1) is 13.2 Å². The third-order valence-electron chi connectivity index (χ3n) is 4.72. The third-order valence-corrected chi connectivity index (χ3v) is 4.72. The van der Waals surface area contributed by atoms with Gasteiger partial charge >= 0.3 is 12.5 Å². The van der Waals surface area contributed by atoms with Crippen LogP contribution in [0.25, 0.3) is 0 Å². The summed E-state index contributed by atoms with van der Waals surface area (Å²) < 4.78 is 86.5. The molecule has 3 rings (SSSR count). The van der Waals surface area contributed by atoms with E-state index in [2.05, 4.69) is 4.74 Å². The van der Waals surface area contributed by atoms with Gasteiger partial charge < -0.3 is 19.5 Å². The van der Waals surface area contributed by atoms with Gasteiger partial charge in [0.15, 0.2) is 6.10 Å². The summed E-state index contributed by atoms with van der Waals surface area (Å²) >= 11 is 0. The van der Waals surface area contributed by atoms with Crippen molar-refractivity contribution in [1.82, 2.24) is 0 Å². The Balaban J connectivity index is 1.87. The van der Waals surface area contributed by atoms with Crippen molar-refractivity contribution in [2.24, 2.45) is 0 Å². The monoisotopic (exact) mass is 485 g/mol. The lowest BCUT2D eigenvalue weighted by Crippen LogP contribution is -2.40. The van der Waals surface area contributed by atoms with Crippen LogP contribution in [0.4, 0.5) is 32.0 Å². The van der Waals surface area contributed by atoms with Crippen LogP contribution in [0.5, 0.6) is 17.2 Å². The number of aryl methyl sites for hydroxylation is 1. The zero-order valence-electron chi connectivity index (χ0n) is 17.9. The molecule has 0 aromatic heterocycles. The lowest BCUT2D eigenvalue weighted by molar-refractivity contribution is -0.274. The number of aliphatic hydroxyl groups excluding tert-OH is 1. The number of rotatable bonds is 8. The van der Waals surface area contributed by atoms with Crippen LogP contribution in [-0.4, -0.2) is 30.3 Å². The summed E-state index contributed by atoms with van der Waals surface area (Å²) in [6, 6.07) is 18.2. The summed E-state index contributed by atoms with van der Waals surface area (Å²) in [5.41, 5.74) is 1.54. The minimum atomic E-state index is -4.91. The molecule has 182 valence electrons. The van der Waals surface area contributed by atoms with Crippen molar-refractivity contribution in [2.75, 3.05) is 11.4 Å². The Hall–Kier alpha value is -3.40. The third kappa shape index (κ3) is 7.58. The van der Waals surface area contributed by atoms with Crippen LogP contribution in [0, 0.1) is 6.92 Å². The first-order valence-electron chi connectivity index (χ1n) is 10.1. The summed E-state index contributed by atoms with van der Waals surface area (Å²) in [6.07, 6.45) is -12.5. The van der Waals surface area contributed by atoms with Gasteiger partial charge in [-0.25, -0.2) is 0 Å². The summed E-state index contributed by atoms with van der Waals surface area (Å²) in [7, 11) is 0. The molecule has 0 aliphatic carbocycles. The van der Waals surface area contributed by atoms with Crippen molar-refractivity contribution in [3.8, 4) is 17.2 Å². The first kappa shape index (κ1) is 25.2. The molecule has 1 atom stereocenters. The maximum Gasteiger partial charge on any atom is 0.573 e. The van der Waals surface area contributed by atoms with Gasteiger partial charge in [0.25, 0.3) is 0 Å². The number of ether oxygens (including phenoxy) is 2. The fraction of sp³-hybridized carbons (Fsp3) is 0.250. The van der Waals surface area contributed by atoms with Gasteiger partial charge in [0.2, 0.25) is 0 Å². The standard InChI is InChI=1S/C24H21F6NO3/c1-16-8-10-19(11-9-16)33-20-6-3-5-18(13-20)31(15-22(32)23(25,26)27)14-17-4-2-7-21(12-17)34-24(28,29)30/h2-13,22,32H,14-15H2,1H3/t22-/m1/s1. The second-order valence-electron chi connectivity index (χ2n) is 7.55. The number of hydrogen-bond donors (Lipinski definition) is 1. The molecule has 0 heterocycles. The Bertz CT molecular complexity index is 1080. The molecule has 0 aliphatic heterocycles. The fourth-order valence-corrected chi connectivity index (χ4v) is 3.12. The van der Waals surface area contributed by atoms with E-state index in [1.54, 1.807) is 24.3 Å². The first-order valence-corrected chi connectivity index (χ1v) is 10.1. The summed E-state index contributed by atoms with van der Waals surface area (Å²) in [4.78, 5) is 1.20. The van der Waals surface area contributed by atoms with E-state index in [1.807, 2.05) is 19.1 Å². The highest BCUT2D eigenvalue weighted by Crippen LogP contribution is 2.30. The molecule has 0 bridgehead atoms. The molecule has 0 saturated carbocycles. The zero-order valence-corrected chi connectivity index (χ0v) is 17.9. The highest BCUT2D eigenvalue weighted by atomic mass is 19.4. The number of benzene rings is 3. The van der Waals surface area contributed by atoms with Crippen LogP contribution in [0.1, 0.15) is 11.1 Å². The lowest BCUT2D eigenvalue weighted by atomic mass is 10.1. The molecule has 0 aliphatic rings. The largest absolute Gasteiger partial charge is 0.573 e. The topological polar surface area (TPSA) is 41.9 Å². The van der Waals surface area contributed by atoms with Crippen LogP contribution >= 0.6 is 0 Å².